The number of amides is 1. The SMILES string of the molecule is NC(=NCN1CC[C@H](NS(=O)(=O)c2cc(Cl)cs2)C1=O)c1ccccc1. The molecule has 2 aromatic rings. The summed E-state index contributed by atoms with van der Waals surface area (Å²) in [5.74, 6) is 0.0106. The molecule has 0 saturated carbocycles. The molecule has 1 saturated heterocycles. The number of carbonyl (C=O) groups is 1. The normalized spacial score (nSPS) is 18.5. The Bertz CT molecular complexity index is 928. The Morgan fingerprint density at radius 3 is 2.77 bits per heavy atom. The molecule has 26 heavy (non-hydrogen) atoms. The fourth-order valence-corrected chi connectivity index (χ4v) is 5.18. The Labute approximate surface area is 160 Å². The minimum atomic E-state index is -3.78. The molecule has 1 aliphatic rings. The van der Waals surface area contributed by atoms with Gasteiger partial charge in [0.15, 0.2) is 0 Å². The maximum Gasteiger partial charge on any atom is 0.250 e. The number of benzene rings is 1. The summed E-state index contributed by atoms with van der Waals surface area (Å²) in [5.41, 5.74) is 6.69. The van der Waals surface area contributed by atoms with Crippen LogP contribution in [-0.2, 0) is 14.8 Å². The Kier molecular flexibility index (Phi) is 5.61. The first-order valence-corrected chi connectivity index (χ1v) is 10.5. The van der Waals surface area contributed by atoms with Crippen molar-refractivity contribution < 1.29 is 13.2 Å². The van der Waals surface area contributed by atoms with Crippen molar-refractivity contribution in [1.82, 2.24) is 9.62 Å². The standard InChI is InChI=1S/C16H17ClN4O3S2/c17-12-8-14(25-9-12)26(23,24)20-13-6-7-21(16(13)22)10-19-15(18)11-4-2-1-3-5-11/h1-5,8-9,13,20H,6-7,10H2,(H2,18,19)/t13-/m0/s1. The second-order valence-electron chi connectivity index (χ2n) is 5.70. The van der Waals surface area contributed by atoms with Crippen LogP contribution in [0.4, 0.5) is 0 Å². The van der Waals surface area contributed by atoms with Gasteiger partial charge in [-0.05, 0) is 12.5 Å². The molecule has 1 aromatic carbocycles. The molecule has 1 fully saturated rings. The van der Waals surface area contributed by atoms with Gasteiger partial charge >= 0.3 is 0 Å². The van der Waals surface area contributed by atoms with Gasteiger partial charge in [0, 0.05) is 17.5 Å². The minimum absolute atomic E-state index is 0.0834. The third kappa shape index (κ3) is 4.24. The summed E-state index contributed by atoms with van der Waals surface area (Å²) >= 11 is 6.78. The molecule has 0 unspecified atom stereocenters. The number of likely N-dealkylation sites (tertiary alicyclic amines) is 1. The molecule has 7 nitrogen and oxygen atoms in total. The number of nitrogens with two attached hydrogens (primary N) is 1. The molecule has 0 spiro atoms. The first-order chi connectivity index (χ1) is 12.4. The lowest BCUT2D eigenvalue weighted by molar-refractivity contribution is -0.128. The molecule has 138 valence electrons. The minimum Gasteiger partial charge on any atom is -0.383 e. The average molecular weight is 413 g/mol. The number of sulfonamides is 1. The van der Waals surface area contributed by atoms with Crippen molar-refractivity contribution in [3.05, 3.63) is 52.4 Å². The number of amidine groups is 1. The van der Waals surface area contributed by atoms with Crippen LogP contribution in [0.15, 0.2) is 51.0 Å². The summed E-state index contributed by atoms with van der Waals surface area (Å²) in [7, 11) is -3.78. The van der Waals surface area contributed by atoms with E-state index in [1.807, 2.05) is 30.3 Å². The van der Waals surface area contributed by atoms with Crippen LogP contribution in [0.1, 0.15) is 12.0 Å². The van der Waals surface area contributed by atoms with Gasteiger partial charge in [-0.25, -0.2) is 13.4 Å². The highest BCUT2D eigenvalue weighted by Gasteiger charge is 2.35. The van der Waals surface area contributed by atoms with Gasteiger partial charge in [-0.1, -0.05) is 41.9 Å². The van der Waals surface area contributed by atoms with Crippen LogP contribution in [0, 0.1) is 0 Å². The number of hydrogen-bond donors (Lipinski definition) is 2. The van der Waals surface area contributed by atoms with E-state index in [4.69, 9.17) is 17.3 Å². The van der Waals surface area contributed by atoms with E-state index in [-0.39, 0.29) is 16.8 Å². The van der Waals surface area contributed by atoms with Crippen molar-refractivity contribution in [1.29, 1.82) is 0 Å². The summed E-state index contributed by atoms with van der Waals surface area (Å²) in [6.45, 7) is 0.491. The van der Waals surface area contributed by atoms with Crippen LogP contribution in [0.25, 0.3) is 0 Å². The van der Waals surface area contributed by atoms with Crippen LogP contribution in [0.5, 0.6) is 0 Å². The van der Waals surface area contributed by atoms with Crippen LogP contribution in [-0.4, -0.2) is 44.3 Å². The fraction of sp³-hybridized carbons (Fsp3) is 0.250. The van der Waals surface area contributed by atoms with Crippen LogP contribution < -0.4 is 10.5 Å². The summed E-state index contributed by atoms with van der Waals surface area (Å²) in [6.07, 6.45) is 0.373. The topological polar surface area (TPSA) is 105 Å². The van der Waals surface area contributed by atoms with Crippen molar-refractivity contribution in [2.24, 2.45) is 10.7 Å². The number of rotatable bonds is 6. The molecule has 3 rings (SSSR count). The third-order valence-corrected chi connectivity index (χ3v) is 7.14. The number of halogens is 1. The average Bonchev–Trinajstić information content (AvgIpc) is 3.21. The summed E-state index contributed by atoms with van der Waals surface area (Å²) in [5, 5.41) is 1.88. The van der Waals surface area contributed by atoms with Crippen LogP contribution in [0.3, 0.4) is 0 Å². The van der Waals surface area contributed by atoms with Gasteiger partial charge < -0.3 is 10.6 Å². The van der Waals surface area contributed by atoms with E-state index in [2.05, 4.69) is 9.71 Å². The number of nitrogens with one attached hydrogen (secondary N) is 1. The van der Waals surface area contributed by atoms with E-state index in [9.17, 15) is 13.2 Å². The molecule has 0 bridgehead atoms. The lowest BCUT2D eigenvalue weighted by atomic mass is 10.2. The van der Waals surface area contributed by atoms with Crippen molar-refractivity contribution in [3.8, 4) is 0 Å². The zero-order valence-electron chi connectivity index (χ0n) is 13.6. The van der Waals surface area contributed by atoms with E-state index < -0.39 is 16.1 Å². The quantitative estimate of drug-likeness (QED) is 0.555. The maximum atomic E-state index is 12.4. The molecule has 1 aliphatic heterocycles. The van der Waals surface area contributed by atoms with E-state index in [0.29, 0.717) is 23.8 Å². The summed E-state index contributed by atoms with van der Waals surface area (Å²) in [4.78, 5) is 18.1. The molecular formula is C16H17ClN4O3S2. The highest BCUT2D eigenvalue weighted by molar-refractivity contribution is 7.91. The Morgan fingerprint density at radius 2 is 2.12 bits per heavy atom. The number of thiophene rings is 1. The van der Waals surface area contributed by atoms with E-state index in [1.165, 1.54) is 16.3 Å². The zero-order valence-corrected chi connectivity index (χ0v) is 16.0. The van der Waals surface area contributed by atoms with E-state index >= 15 is 0 Å². The number of carbonyl (C=O) groups excluding carboxylic acids is 1. The third-order valence-electron chi connectivity index (χ3n) is 3.88. The second-order valence-corrected chi connectivity index (χ2v) is 8.99. The van der Waals surface area contributed by atoms with E-state index in [0.717, 1.165) is 16.9 Å². The van der Waals surface area contributed by atoms with Gasteiger partial charge in [0.05, 0.1) is 5.02 Å². The van der Waals surface area contributed by atoms with Gasteiger partial charge in [0.1, 0.15) is 22.8 Å². The Morgan fingerprint density at radius 1 is 1.38 bits per heavy atom. The molecule has 1 atom stereocenters. The van der Waals surface area contributed by atoms with E-state index in [1.54, 1.807) is 0 Å². The van der Waals surface area contributed by atoms with Crippen molar-refractivity contribution in [2.45, 2.75) is 16.7 Å². The predicted molar refractivity (Wildman–Crippen MR) is 102 cm³/mol. The lowest BCUT2D eigenvalue weighted by Gasteiger charge is -2.15. The molecule has 2 heterocycles. The monoisotopic (exact) mass is 412 g/mol. The molecule has 0 aliphatic carbocycles. The van der Waals surface area contributed by atoms with Crippen molar-refractivity contribution in [3.63, 3.8) is 0 Å². The molecular weight excluding hydrogens is 396 g/mol. The first-order valence-electron chi connectivity index (χ1n) is 7.77. The summed E-state index contributed by atoms with van der Waals surface area (Å²) in [6, 6.07) is 9.77. The molecule has 1 amide bonds. The van der Waals surface area contributed by atoms with Gasteiger partial charge in [-0.3, -0.25) is 4.79 Å². The lowest BCUT2D eigenvalue weighted by Crippen LogP contribution is -2.41. The number of aliphatic imine (C=N–C) groups is 1. The Hall–Kier alpha value is -1.94. The fourth-order valence-electron chi connectivity index (χ4n) is 2.53. The van der Waals surface area contributed by atoms with Gasteiger partial charge in [0.2, 0.25) is 5.91 Å². The first kappa shape index (κ1) is 18.8. The second kappa shape index (κ2) is 7.75. The Balaban J connectivity index is 1.63. The van der Waals surface area contributed by atoms with Gasteiger partial charge in [-0.15, -0.1) is 11.3 Å². The molecule has 0 radical (unpaired) electrons. The zero-order chi connectivity index (χ0) is 18.7. The van der Waals surface area contributed by atoms with Crippen molar-refractivity contribution in [2.75, 3.05) is 13.2 Å². The van der Waals surface area contributed by atoms with Crippen LogP contribution in [0.2, 0.25) is 5.02 Å². The highest BCUT2D eigenvalue weighted by Crippen LogP contribution is 2.24. The van der Waals surface area contributed by atoms with Crippen molar-refractivity contribution >= 4 is 44.7 Å². The highest BCUT2D eigenvalue weighted by atomic mass is 35.5. The van der Waals surface area contributed by atoms with Gasteiger partial charge in [-0.2, -0.15) is 4.72 Å². The predicted octanol–water partition coefficient (Wildman–Crippen LogP) is 1.64. The molecule has 10 heteroatoms. The molecule has 1 aromatic heterocycles. The number of nitrogens with zero attached hydrogens (tertiary/aromatic N) is 2. The van der Waals surface area contributed by atoms with Gasteiger partial charge in [0.25, 0.3) is 10.0 Å². The summed E-state index contributed by atoms with van der Waals surface area (Å²) < 4.78 is 27.2. The maximum absolute atomic E-state index is 12.4. The largest absolute Gasteiger partial charge is 0.383 e. The smallest absolute Gasteiger partial charge is 0.250 e. The number of hydrogen-bond acceptors (Lipinski definition) is 5. The van der Waals surface area contributed by atoms with Crippen LogP contribution >= 0.6 is 22.9 Å². The molecule has 3 N–H and O–H groups in total.